The summed E-state index contributed by atoms with van der Waals surface area (Å²) in [5, 5.41) is 14.1. The van der Waals surface area contributed by atoms with E-state index in [4.69, 9.17) is 9.05 Å². The number of phosphoric ester groups is 1. The molecule has 69 heavy (non-hydrogen) atoms. The quantitative estimate of drug-likeness (QED) is 0.0357. The van der Waals surface area contributed by atoms with Crippen molar-refractivity contribution in [2.24, 2.45) is 0 Å². The van der Waals surface area contributed by atoms with Gasteiger partial charge in [0.25, 0.3) is 7.82 Å². The van der Waals surface area contributed by atoms with E-state index in [2.05, 4.69) is 19.2 Å². The van der Waals surface area contributed by atoms with Crippen LogP contribution in [0.2, 0.25) is 0 Å². The molecule has 2 N–H and O–H groups in total. The van der Waals surface area contributed by atoms with Gasteiger partial charge in [0.1, 0.15) is 13.2 Å². The molecule has 3 unspecified atom stereocenters. The first-order valence-corrected chi connectivity index (χ1v) is 32.3. The second-order valence-corrected chi connectivity index (χ2v) is 24.2. The molecule has 0 aromatic rings. The molecule has 0 fully saturated rings. The monoisotopic (exact) mass is 999 g/mol. The van der Waals surface area contributed by atoms with Crippen molar-refractivity contribution in [3.63, 3.8) is 0 Å². The Balaban J connectivity index is 4.07. The van der Waals surface area contributed by atoms with E-state index >= 15 is 0 Å². The smallest absolute Gasteiger partial charge is 0.268 e. The highest BCUT2D eigenvalue weighted by Gasteiger charge is 2.24. The molecule has 9 heteroatoms. The van der Waals surface area contributed by atoms with Crippen molar-refractivity contribution in [2.75, 3.05) is 40.9 Å². The molecule has 8 nitrogen and oxygen atoms in total. The number of rotatable bonds is 58. The van der Waals surface area contributed by atoms with Gasteiger partial charge in [0.05, 0.1) is 39.9 Å². The molecule has 0 spiro atoms. The van der Waals surface area contributed by atoms with Gasteiger partial charge in [-0.2, -0.15) is 0 Å². The first kappa shape index (κ1) is 68.5. The Bertz CT molecular complexity index is 1090. The van der Waals surface area contributed by atoms with Gasteiger partial charge in [-0.3, -0.25) is 9.36 Å². The average Bonchev–Trinajstić information content (AvgIpc) is 3.31. The number of carbonyl (C=O) groups excluding carboxylic acids is 1. The molecular weight excluding hydrogens is 876 g/mol. The summed E-state index contributed by atoms with van der Waals surface area (Å²) in [4.78, 5) is 25.6. The minimum Gasteiger partial charge on any atom is -0.756 e. The van der Waals surface area contributed by atoms with E-state index in [0.717, 1.165) is 38.5 Å². The summed E-state index contributed by atoms with van der Waals surface area (Å²) in [6.45, 7) is 4.79. The van der Waals surface area contributed by atoms with Crippen molar-refractivity contribution in [3.05, 3.63) is 0 Å². The standard InChI is InChI=1S/C60H123N2O6P/c1-6-8-10-12-14-16-18-20-22-24-26-28-29-30-31-32-34-36-38-40-42-44-46-48-50-52-54-60(64)61-58(57-68-69(65,66)67-56-55-62(3,4)5)59(63)53-51-49-47-45-43-41-39-37-35-33-27-25-23-21-19-17-15-13-11-9-7-2/h58-59,63H,6-57H2,1-5H3,(H-,61,64,65,66). The lowest BCUT2D eigenvalue weighted by molar-refractivity contribution is -0.870. The van der Waals surface area contributed by atoms with Gasteiger partial charge >= 0.3 is 0 Å². The van der Waals surface area contributed by atoms with Gasteiger partial charge in [-0.1, -0.05) is 309 Å². The topological polar surface area (TPSA) is 108 Å². The Kier molecular flexibility index (Phi) is 52.0. The Hall–Kier alpha value is -0.500. The lowest BCUT2D eigenvalue weighted by Gasteiger charge is -2.30. The number of nitrogens with zero attached hydrogens (tertiary/aromatic N) is 1. The highest BCUT2D eigenvalue weighted by molar-refractivity contribution is 7.45. The summed E-state index contributed by atoms with van der Waals surface area (Å²) in [6.07, 6.45) is 62.9. The molecule has 0 bridgehead atoms. The fraction of sp³-hybridized carbons (Fsp3) is 0.983. The first-order chi connectivity index (χ1) is 33.5. The zero-order valence-electron chi connectivity index (χ0n) is 47.3. The molecule has 0 rings (SSSR count). The first-order valence-electron chi connectivity index (χ1n) is 30.9. The van der Waals surface area contributed by atoms with Gasteiger partial charge in [0.15, 0.2) is 0 Å². The van der Waals surface area contributed by atoms with Gasteiger partial charge in [-0.15, -0.1) is 0 Å². The molecular formula is C60H123N2O6P. The Morgan fingerprint density at radius 3 is 0.986 bits per heavy atom. The Labute approximate surface area is 431 Å². The second kappa shape index (κ2) is 52.4. The molecule has 0 aromatic carbocycles. The number of aliphatic hydroxyl groups excluding tert-OH is 1. The van der Waals surface area contributed by atoms with Crippen LogP contribution in [0.15, 0.2) is 0 Å². The van der Waals surface area contributed by atoms with Gasteiger partial charge in [0.2, 0.25) is 5.91 Å². The van der Waals surface area contributed by atoms with Crippen molar-refractivity contribution in [2.45, 2.75) is 341 Å². The predicted octanol–water partition coefficient (Wildman–Crippen LogP) is 18.2. The third-order valence-corrected chi connectivity index (χ3v) is 15.6. The summed E-state index contributed by atoms with van der Waals surface area (Å²) in [6, 6.07) is -0.795. The molecule has 0 aromatic heterocycles. The van der Waals surface area contributed by atoms with Crippen LogP contribution in [0.4, 0.5) is 0 Å². The molecule has 0 aliphatic heterocycles. The number of likely N-dealkylation sites (N-methyl/N-ethyl adjacent to an activating group) is 1. The fourth-order valence-electron chi connectivity index (χ4n) is 9.75. The molecule has 414 valence electrons. The van der Waals surface area contributed by atoms with Crippen LogP contribution in [-0.2, 0) is 18.4 Å². The summed E-state index contributed by atoms with van der Waals surface area (Å²) >= 11 is 0. The third kappa shape index (κ3) is 55.1. The highest BCUT2D eigenvalue weighted by Crippen LogP contribution is 2.38. The zero-order valence-corrected chi connectivity index (χ0v) is 48.2. The molecule has 1 amide bonds. The van der Waals surface area contributed by atoms with Crippen molar-refractivity contribution in [3.8, 4) is 0 Å². The zero-order chi connectivity index (χ0) is 50.6. The molecule has 3 atom stereocenters. The largest absolute Gasteiger partial charge is 0.756 e. The fourth-order valence-corrected chi connectivity index (χ4v) is 10.5. The third-order valence-electron chi connectivity index (χ3n) is 14.6. The molecule has 0 aliphatic carbocycles. The molecule has 0 radical (unpaired) electrons. The second-order valence-electron chi connectivity index (χ2n) is 22.8. The van der Waals surface area contributed by atoms with Crippen LogP contribution < -0.4 is 10.2 Å². The number of quaternary nitrogens is 1. The van der Waals surface area contributed by atoms with E-state index in [1.54, 1.807) is 0 Å². The Morgan fingerprint density at radius 2 is 0.710 bits per heavy atom. The highest BCUT2D eigenvalue weighted by atomic mass is 31.2. The predicted molar refractivity (Wildman–Crippen MR) is 298 cm³/mol. The number of amides is 1. The lowest BCUT2D eigenvalue weighted by atomic mass is 10.0. The SMILES string of the molecule is CCCCCCCCCCCCCCCCCCCCCCCCCCCCC(=O)NC(COP(=O)([O-])OCC[N+](C)(C)C)C(O)CCCCCCCCCCCCCCCCCCCCCCC. The van der Waals surface area contributed by atoms with Crippen LogP contribution >= 0.6 is 7.82 Å². The minimum atomic E-state index is -4.57. The van der Waals surface area contributed by atoms with Crippen molar-refractivity contribution in [1.29, 1.82) is 0 Å². The van der Waals surface area contributed by atoms with Crippen LogP contribution in [0, 0.1) is 0 Å². The molecule has 0 saturated carbocycles. The van der Waals surface area contributed by atoms with E-state index in [1.807, 2.05) is 21.1 Å². The average molecular weight is 1000 g/mol. The van der Waals surface area contributed by atoms with Crippen LogP contribution in [-0.4, -0.2) is 68.5 Å². The van der Waals surface area contributed by atoms with Crippen LogP contribution in [0.5, 0.6) is 0 Å². The number of unbranched alkanes of at least 4 members (excludes halogenated alkanes) is 45. The maximum absolute atomic E-state index is 13.0. The molecule has 0 aliphatic rings. The van der Waals surface area contributed by atoms with Crippen molar-refractivity contribution < 1.29 is 32.9 Å². The van der Waals surface area contributed by atoms with E-state index in [-0.39, 0.29) is 19.1 Å². The number of aliphatic hydroxyl groups is 1. The van der Waals surface area contributed by atoms with Crippen LogP contribution in [0.1, 0.15) is 328 Å². The van der Waals surface area contributed by atoms with Crippen LogP contribution in [0.25, 0.3) is 0 Å². The number of hydrogen-bond acceptors (Lipinski definition) is 6. The van der Waals surface area contributed by atoms with E-state index < -0.39 is 20.0 Å². The molecule has 0 saturated heterocycles. The number of hydrogen-bond donors (Lipinski definition) is 2. The van der Waals surface area contributed by atoms with Gasteiger partial charge in [-0.25, -0.2) is 0 Å². The van der Waals surface area contributed by atoms with Crippen molar-refractivity contribution in [1.82, 2.24) is 5.32 Å². The number of carbonyl (C=O) groups is 1. The van der Waals surface area contributed by atoms with Crippen molar-refractivity contribution >= 4 is 13.7 Å². The van der Waals surface area contributed by atoms with Gasteiger partial charge in [0, 0.05) is 6.42 Å². The maximum Gasteiger partial charge on any atom is 0.268 e. The van der Waals surface area contributed by atoms with Gasteiger partial charge in [-0.05, 0) is 12.8 Å². The van der Waals surface area contributed by atoms with E-state index in [1.165, 1.54) is 263 Å². The summed E-state index contributed by atoms with van der Waals surface area (Å²) in [7, 11) is 1.33. The summed E-state index contributed by atoms with van der Waals surface area (Å²) < 4.78 is 23.5. The van der Waals surface area contributed by atoms with Crippen LogP contribution in [0.3, 0.4) is 0 Å². The number of phosphoric acid groups is 1. The normalized spacial score (nSPS) is 13.8. The lowest BCUT2D eigenvalue weighted by Crippen LogP contribution is -2.46. The minimum absolute atomic E-state index is 0.0168. The number of nitrogens with one attached hydrogen (secondary N) is 1. The summed E-state index contributed by atoms with van der Waals surface area (Å²) in [5.41, 5.74) is 0. The molecule has 0 heterocycles. The summed E-state index contributed by atoms with van der Waals surface area (Å²) in [5.74, 6) is -0.155. The van der Waals surface area contributed by atoms with E-state index in [9.17, 15) is 19.4 Å². The van der Waals surface area contributed by atoms with E-state index in [0.29, 0.717) is 23.9 Å². The Morgan fingerprint density at radius 1 is 0.449 bits per heavy atom. The maximum atomic E-state index is 13.0. The van der Waals surface area contributed by atoms with Gasteiger partial charge < -0.3 is 28.8 Å².